The van der Waals surface area contributed by atoms with Gasteiger partial charge in [0.2, 0.25) is 0 Å². The molecule has 1 aromatic carbocycles. The van der Waals surface area contributed by atoms with Crippen molar-refractivity contribution < 1.29 is 9.53 Å². The number of hydrogen-bond acceptors (Lipinski definition) is 4. The zero-order valence-electron chi connectivity index (χ0n) is 13.8. The lowest BCUT2D eigenvalue weighted by Crippen LogP contribution is -2.39. The summed E-state index contributed by atoms with van der Waals surface area (Å²) in [5, 5.41) is 1.56. The van der Waals surface area contributed by atoms with Gasteiger partial charge >= 0.3 is 0 Å². The summed E-state index contributed by atoms with van der Waals surface area (Å²) in [6.45, 7) is 6.50. The molecule has 0 spiro atoms. The quantitative estimate of drug-likeness (QED) is 0.610. The first-order valence-corrected chi connectivity index (χ1v) is 8.89. The number of amides is 1. The van der Waals surface area contributed by atoms with Gasteiger partial charge in [-0.15, -0.1) is 0 Å². The third kappa shape index (κ3) is 3.12. The van der Waals surface area contributed by atoms with Crippen LogP contribution in [0.15, 0.2) is 41.3 Å². The molecule has 2 heterocycles. The Morgan fingerprint density at radius 2 is 1.75 bits per heavy atom. The molecule has 124 valence electrons. The van der Waals surface area contributed by atoms with Crippen molar-refractivity contribution in [3.8, 4) is 5.75 Å². The van der Waals surface area contributed by atoms with E-state index in [1.165, 1.54) is 11.8 Å². The van der Waals surface area contributed by atoms with Gasteiger partial charge in [-0.2, -0.15) is 5.01 Å². The fourth-order valence-electron chi connectivity index (χ4n) is 2.59. The molecule has 0 atom stereocenters. The summed E-state index contributed by atoms with van der Waals surface area (Å²) < 4.78 is 7.84. The van der Waals surface area contributed by atoms with Crippen LogP contribution in [-0.2, 0) is 4.79 Å². The van der Waals surface area contributed by atoms with E-state index >= 15 is 0 Å². The van der Waals surface area contributed by atoms with E-state index in [1.807, 2.05) is 67.9 Å². The number of aryl methyl sites for hydroxylation is 2. The Labute approximate surface area is 151 Å². The van der Waals surface area contributed by atoms with Crippen molar-refractivity contribution in [2.24, 2.45) is 0 Å². The van der Waals surface area contributed by atoms with E-state index in [4.69, 9.17) is 17.0 Å². The number of nitrogens with zero attached hydrogens (tertiary/aromatic N) is 2. The largest absolute Gasteiger partial charge is 0.494 e. The first-order valence-electron chi connectivity index (χ1n) is 7.67. The highest BCUT2D eigenvalue weighted by atomic mass is 32.2. The average molecular weight is 358 g/mol. The molecular formula is C18H18N2O2S2. The first kappa shape index (κ1) is 16.8. The van der Waals surface area contributed by atoms with Gasteiger partial charge in [-0.1, -0.05) is 23.9 Å². The molecule has 1 aromatic heterocycles. The molecule has 4 nitrogen and oxygen atoms in total. The molecule has 1 amide bonds. The lowest BCUT2D eigenvalue weighted by Gasteiger charge is -2.20. The summed E-state index contributed by atoms with van der Waals surface area (Å²) in [5.41, 5.74) is 2.90. The molecule has 0 aliphatic carbocycles. The van der Waals surface area contributed by atoms with Gasteiger partial charge in [0.1, 0.15) is 5.75 Å². The Hall–Kier alpha value is -2.05. The number of carbonyl (C=O) groups is 1. The molecule has 1 fully saturated rings. The van der Waals surface area contributed by atoms with Crippen LogP contribution in [0.25, 0.3) is 6.08 Å². The summed E-state index contributed by atoms with van der Waals surface area (Å²) in [6.07, 6.45) is 1.86. The predicted octanol–water partition coefficient (Wildman–Crippen LogP) is 4.04. The van der Waals surface area contributed by atoms with Crippen molar-refractivity contribution in [2.45, 2.75) is 20.8 Å². The number of ether oxygens (including phenoxy) is 1. The SMILES string of the molecule is CCOc1ccc(/C=C2\SC(=S)N(n3c(C)ccc3C)C2=O)cc1. The standard InChI is InChI=1S/C18H18N2O2S2/c1-4-22-15-9-7-14(8-10-15)11-16-17(21)20(18(23)24-16)19-12(2)5-6-13(19)3/h5-11H,4H2,1-3H3/b16-11-. The Bertz CT molecular complexity index is 803. The summed E-state index contributed by atoms with van der Waals surface area (Å²) in [6, 6.07) is 11.6. The van der Waals surface area contributed by atoms with E-state index in [-0.39, 0.29) is 5.91 Å². The maximum absolute atomic E-state index is 12.8. The highest BCUT2D eigenvalue weighted by Crippen LogP contribution is 2.32. The third-order valence-electron chi connectivity index (χ3n) is 3.70. The summed E-state index contributed by atoms with van der Waals surface area (Å²) in [7, 11) is 0. The van der Waals surface area contributed by atoms with Gasteiger partial charge in [0.05, 0.1) is 11.5 Å². The van der Waals surface area contributed by atoms with E-state index in [9.17, 15) is 4.79 Å². The summed E-state index contributed by atoms with van der Waals surface area (Å²) in [5.74, 6) is 0.724. The van der Waals surface area contributed by atoms with Crippen molar-refractivity contribution in [1.29, 1.82) is 0 Å². The minimum atomic E-state index is -0.0960. The van der Waals surface area contributed by atoms with Gasteiger partial charge in [-0.05, 0) is 68.9 Å². The monoisotopic (exact) mass is 358 g/mol. The van der Waals surface area contributed by atoms with Crippen molar-refractivity contribution in [3.63, 3.8) is 0 Å². The number of thioether (sulfide) groups is 1. The molecule has 0 unspecified atom stereocenters. The molecule has 1 aliphatic heterocycles. The van der Waals surface area contributed by atoms with Gasteiger partial charge in [-0.25, -0.2) is 0 Å². The molecule has 1 aliphatic rings. The number of hydrogen-bond donors (Lipinski definition) is 0. The minimum Gasteiger partial charge on any atom is -0.494 e. The second-order valence-electron chi connectivity index (χ2n) is 5.42. The van der Waals surface area contributed by atoms with Crippen LogP contribution >= 0.6 is 24.0 Å². The second kappa shape index (κ2) is 6.83. The van der Waals surface area contributed by atoms with Gasteiger partial charge in [0, 0.05) is 11.4 Å². The van der Waals surface area contributed by atoms with Crippen molar-refractivity contribution in [1.82, 2.24) is 4.68 Å². The Morgan fingerprint density at radius 1 is 1.12 bits per heavy atom. The van der Waals surface area contributed by atoms with Crippen LogP contribution in [0.5, 0.6) is 5.75 Å². The van der Waals surface area contributed by atoms with Crippen LogP contribution in [0.1, 0.15) is 23.9 Å². The third-order valence-corrected chi connectivity index (χ3v) is 4.98. The molecule has 24 heavy (non-hydrogen) atoms. The van der Waals surface area contributed by atoms with Crippen LogP contribution < -0.4 is 9.75 Å². The average Bonchev–Trinajstić information content (AvgIpc) is 3.01. The van der Waals surface area contributed by atoms with E-state index in [1.54, 1.807) is 5.01 Å². The zero-order valence-corrected chi connectivity index (χ0v) is 15.4. The van der Waals surface area contributed by atoms with Gasteiger partial charge in [0.25, 0.3) is 5.91 Å². The highest BCUT2D eigenvalue weighted by molar-refractivity contribution is 8.27. The number of rotatable bonds is 4. The molecular weight excluding hydrogens is 340 g/mol. The Balaban J connectivity index is 1.88. The molecule has 1 saturated heterocycles. The van der Waals surface area contributed by atoms with Crippen LogP contribution in [0.3, 0.4) is 0 Å². The van der Waals surface area contributed by atoms with Gasteiger partial charge < -0.3 is 4.74 Å². The molecule has 6 heteroatoms. The normalized spacial score (nSPS) is 16.3. The van der Waals surface area contributed by atoms with Gasteiger partial charge in [0.15, 0.2) is 4.32 Å². The molecule has 0 bridgehead atoms. The van der Waals surface area contributed by atoms with E-state index in [2.05, 4.69) is 0 Å². The predicted molar refractivity (Wildman–Crippen MR) is 103 cm³/mol. The molecule has 0 N–H and O–H groups in total. The number of benzene rings is 1. The smallest absolute Gasteiger partial charge is 0.285 e. The lowest BCUT2D eigenvalue weighted by atomic mass is 10.2. The van der Waals surface area contributed by atoms with Crippen LogP contribution in [0, 0.1) is 13.8 Å². The lowest BCUT2D eigenvalue weighted by molar-refractivity contribution is -0.114. The Morgan fingerprint density at radius 3 is 2.33 bits per heavy atom. The molecule has 0 radical (unpaired) electrons. The van der Waals surface area contributed by atoms with Crippen LogP contribution in [0.4, 0.5) is 0 Å². The van der Waals surface area contributed by atoms with Gasteiger partial charge in [-0.3, -0.25) is 9.47 Å². The van der Waals surface area contributed by atoms with E-state index in [0.717, 1.165) is 22.7 Å². The summed E-state index contributed by atoms with van der Waals surface area (Å²) in [4.78, 5) is 13.4. The van der Waals surface area contributed by atoms with E-state index in [0.29, 0.717) is 15.8 Å². The fraction of sp³-hybridized carbons (Fsp3) is 0.222. The second-order valence-corrected chi connectivity index (χ2v) is 7.10. The van der Waals surface area contributed by atoms with Crippen molar-refractivity contribution in [2.75, 3.05) is 11.6 Å². The van der Waals surface area contributed by atoms with Crippen molar-refractivity contribution in [3.05, 3.63) is 58.3 Å². The molecule has 2 aromatic rings. The summed E-state index contributed by atoms with van der Waals surface area (Å²) >= 11 is 6.74. The van der Waals surface area contributed by atoms with Crippen molar-refractivity contribution >= 4 is 40.3 Å². The highest BCUT2D eigenvalue weighted by Gasteiger charge is 2.34. The minimum absolute atomic E-state index is 0.0960. The Kier molecular flexibility index (Phi) is 4.78. The van der Waals surface area contributed by atoms with E-state index < -0.39 is 0 Å². The number of thiocarbonyl (C=S) groups is 1. The topological polar surface area (TPSA) is 34.5 Å². The van der Waals surface area contributed by atoms with Crippen LogP contribution in [-0.4, -0.2) is 21.5 Å². The first-order chi connectivity index (χ1) is 11.5. The maximum Gasteiger partial charge on any atom is 0.285 e. The maximum atomic E-state index is 12.8. The fourth-order valence-corrected chi connectivity index (χ4v) is 3.83. The zero-order chi connectivity index (χ0) is 17.3. The number of aromatic nitrogens is 1. The van der Waals surface area contributed by atoms with Crippen LogP contribution in [0.2, 0.25) is 0 Å². The molecule has 3 rings (SSSR count). The molecule has 0 saturated carbocycles. The number of carbonyl (C=O) groups excluding carboxylic acids is 1.